The van der Waals surface area contributed by atoms with Gasteiger partial charge >= 0.3 is 0 Å². The molecule has 1 aromatic carbocycles. The first kappa shape index (κ1) is 9.53. The number of benzene rings is 1. The Morgan fingerprint density at radius 2 is 1.93 bits per heavy atom. The zero-order valence-corrected chi connectivity index (χ0v) is 8.98. The number of anilines is 1. The number of para-hydroxylation sites is 1. The molecule has 1 saturated heterocycles. The molecule has 76 valence electrons. The molecule has 0 amide bonds. The molecule has 1 aliphatic rings. The van der Waals surface area contributed by atoms with Gasteiger partial charge in [0.05, 0.1) is 0 Å². The first-order chi connectivity index (χ1) is 6.77. The molecule has 0 spiro atoms. The Morgan fingerprint density at radius 1 is 1.21 bits per heavy atom. The summed E-state index contributed by atoms with van der Waals surface area (Å²) < 4.78 is 0. The van der Waals surface area contributed by atoms with E-state index in [-0.39, 0.29) is 0 Å². The van der Waals surface area contributed by atoms with Gasteiger partial charge in [0.15, 0.2) is 0 Å². The smallest absolute Gasteiger partial charge is 0.0366 e. The van der Waals surface area contributed by atoms with Gasteiger partial charge in [-0.05, 0) is 32.6 Å². The van der Waals surface area contributed by atoms with Crippen LogP contribution in [-0.4, -0.2) is 38.1 Å². The van der Waals surface area contributed by atoms with Crippen molar-refractivity contribution >= 4 is 5.69 Å². The summed E-state index contributed by atoms with van der Waals surface area (Å²) in [7, 11) is 4.33. The van der Waals surface area contributed by atoms with Crippen LogP contribution in [0.3, 0.4) is 0 Å². The third-order valence-electron chi connectivity index (χ3n) is 3.02. The van der Waals surface area contributed by atoms with E-state index in [2.05, 4.69) is 54.2 Å². The van der Waals surface area contributed by atoms with Gasteiger partial charge in [-0.25, -0.2) is 0 Å². The van der Waals surface area contributed by atoms with Gasteiger partial charge in [-0.1, -0.05) is 18.2 Å². The van der Waals surface area contributed by atoms with Crippen molar-refractivity contribution < 1.29 is 0 Å². The number of hydrogen-bond acceptors (Lipinski definition) is 2. The van der Waals surface area contributed by atoms with Gasteiger partial charge < -0.3 is 9.80 Å². The third kappa shape index (κ3) is 1.90. The predicted molar refractivity (Wildman–Crippen MR) is 60.7 cm³/mol. The first-order valence-corrected chi connectivity index (χ1v) is 5.24. The molecule has 0 bridgehead atoms. The molecular formula is C12H18N2. The minimum absolute atomic E-state index is 0.718. The van der Waals surface area contributed by atoms with Crippen LogP contribution in [0.4, 0.5) is 5.69 Å². The molecule has 0 saturated carbocycles. The molecule has 1 fully saturated rings. The maximum atomic E-state index is 2.46. The third-order valence-corrected chi connectivity index (χ3v) is 3.02. The van der Waals surface area contributed by atoms with Gasteiger partial charge in [-0.2, -0.15) is 0 Å². The van der Waals surface area contributed by atoms with E-state index in [4.69, 9.17) is 0 Å². The molecule has 14 heavy (non-hydrogen) atoms. The Hall–Kier alpha value is -1.02. The van der Waals surface area contributed by atoms with Crippen LogP contribution in [-0.2, 0) is 0 Å². The second-order valence-corrected chi connectivity index (χ2v) is 4.19. The van der Waals surface area contributed by atoms with Crippen LogP contribution in [0.1, 0.15) is 6.42 Å². The zero-order valence-electron chi connectivity index (χ0n) is 8.98. The minimum Gasteiger partial charge on any atom is -0.370 e. The number of likely N-dealkylation sites (N-methyl/N-ethyl adjacent to an activating group) is 1. The summed E-state index contributed by atoms with van der Waals surface area (Å²) >= 11 is 0. The van der Waals surface area contributed by atoms with Crippen LogP contribution >= 0.6 is 0 Å². The number of rotatable bonds is 2. The molecule has 0 N–H and O–H groups in total. The van der Waals surface area contributed by atoms with Crippen molar-refractivity contribution in [1.82, 2.24) is 4.90 Å². The van der Waals surface area contributed by atoms with Crippen molar-refractivity contribution in [1.29, 1.82) is 0 Å². The monoisotopic (exact) mass is 190 g/mol. The molecule has 1 heterocycles. The quantitative estimate of drug-likeness (QED) is 0.702. The molecule has 0 unspecified atom stereocenters. The van der Waals surface area contributed by atoms with Crippen molar-refractivity contribution in [2.45, 2.75) is 12.5 Å². The van der Waals surface area contributed by atoms with Gasteiger partial charge in [0.2, 0.25) is 0 Å². The van der Waals surface area contributed by atoms with Crippen molar-refractivity contribution in [2.75, 3.05) is 32.1 Å². The van der Waals surface area contributed by atoms with E-state index in [1.807, 2.05) is 0 Å². The maximum Gasteiger partial charge on any atom is 0.0366 e. The highest BCUT2D eigenvalue weighted by atomic mass is 15.2. The van der Waals surface area contributed by atoms with Gasteiger partial charge in [0.25, 0.3) is 0 Å². The highest BCUT2D eigenvalue weighted by molar-refractivity contribution is 5.47. The summed E-state index contributed by atoms with van der Waals surface area (Å²) in [5, 5.41) is 0. The van der Waals surface area contributed by atoms with Crippen LogP contribution in [0.25, 0.3) is 0 Å². The molecule has 0 aromatic heterocycles. The van der Waals surface area contributed by atoms with E-state index < -0.39 is 0 Å². The summed E-state index contributed by atoms with van der Waals surface area (Å²) in [5.74, 6) is 0. The zero-order chi connectivity index (χ0) is 9.97. The van der Waals surface area contributed by atoms with Crippen molar-refractivity contribution in [3.8, 4) is 0 Å². The summed E-state index contributed by atoms with van der Waals surface area (Å²) in [5.41, 5.74) is 1.36. The second kappa shape index (κ2) is 4.01. The van der Waals surface area contributed by atoms with E-state index in [0.717, 1.165) is 12.6 Å². The van der Waals surface area contributed by atoms with Gasteiger partial charge in [0.1, 0.15) is 0 Å². The van der Waals surface area contributed by atoms with Crippen LogP contribution in [0, 0.1) is 0 Å². The van der Waals surface area contributed by atoms with E-state index in [9.17, 15) is 0 Å². The van der Waals surface area contributed by atoms with Crippen molar-refractivity contribution in [2.24, 2.45) is 0 Å². The molecule has 0 aliphatic carbocycles. The molecule has 2 nitrogen and oxygen atoms in total. The molecule has 1 aromatic rings. The van der Waals surface area contributed by atoms with E-state index >= 15 is 0 Å². The molecule has 2 heteroatoms. The van der Waals surface area contributed by atoms with Crippen LogP contribution in [0.2, 0.25) is 0 Å². The summed E-state index contributed by atoms with van der Waals surface area (Å²) in [4.78, 5) is 4.79. The molecule has 1 atom stereocenters. The van der Waals surface area contributed by atoms with E-state index in [1.165, 1.54) is 18.7 Å². The fraction of sp³-hybridized carbons (Fsp3) is 0.500. The average Bonchev–Trinajstić information content (AvgIpc) is 2.68. The molecule has 0 radical (unpaired) electrons. The lowest BCUT2D eigenvalue weighted by atomic mass is 10.2. The minimum atomic E-state index is 0.718. The number of hydrogen-bond donors (Lipinski definition) is 0. The van der Waals surface area contributed by atoms with E-state index in [1.54, 1.807) is 0 Å². The Bertz CT molecular complexity index is 282. The van der Waals surface area contributed by atoms with Crippen molar-refractivity contribution in [3.05, 3.63) is 30.3 Å². The van der Waals surface area contributed by atoms with Gasteiger partial charge in [0, 0.05) is 24.8 Å². The molecular weight excluding hydrogens is 172 g/mol. The fourth-order valence-corrected chi connectivity index (χ4v) is 2.04. The summed E-state index contributed by atoms with van der Waals surface area (Å²) in [6.07, 6.45) is 1.28. The van der Waals surface area contributed by atoms with E-state index in [0.29, 0.717) is 0 Å². The van der Waals surface area contributed by atoms with Crippen LogP contribution in [0.15, 0.2) is 30.3 Å². The van der Waals surface area contributed by atoms with Gasteiger partial charge in [-0.15, -0.1) is 0 Å². The molecule has 1 aliphatic heterocycles. The predicted octanol–water partition coefficient (Wildman–Crippen LogP) is 1.83. The van der Waals surface area contributed by atoms with Crippen LogP contribution < -0.4 is 4.90 Å². The second-order valence-electron chi connectivity index (χ2n) is 4.19. The lowest BCUT2D eigenvalue weighted by Crippen LogP contribution is -2.31. The Balaban J connectivity index is 2.03. The first-order valence-electron chi connectivity index (χ1n) is 5.24. The van der Waals surface area contributed by atoms with Crippen molar-refractivity contribution in [3.63, 3.8) is 0 Å². The lowest BCUT2D eigenvalue weighted by Gasteiger charge is -2.21. The van der Waals surface area contributed by atoms with Crippen LogP contribution in [0.5, 0.6) is 0 Å². The highest BCUT2D eigenvalue weighted by Gasteiger charge is 2.23. The number of nitrogens with zero attached hydrogens (tertiary/aromatic N) is 2. The Labute approximate surface area is 86.1 Å². The molecule has 2 rings (SSSR count). The Morgan fingerprint density at radius 3 is 2.50 bits per heavy atom. The highest BCUT2D eigenvalue weighted by Crippen LogP contribution is 2.21. The SMILES string of the molecule is CN(C)[C@H]1CCN(c2ccccc2)C1. The average molecular weight is 190 g/mol. The summed E-state index contributed by atoms with van der Waals surface area (Å²) in [6.45, 7) is 2.35. The summed E-state index contributed by atoms with van der Waals surface area (Å²) in [6, 6.07) is 11.4. The largest absolute Gasteiger partial charge is 0.370 e. The lowest BCUT2D eigenvalue weighted by molar-refractivity contribution is 0.315. The fourth-order valence-electron chi connectivity index (χ4n) is 2.04. The Kier molecular flexibility index (Phi) is 2.73. The topological polar surface area (TPSA) is 6.48 Å². The van der Waals surface area contributed by atoms with Gasteiger partial charge in [-0.3, -0.25) is 0 Å². The maximum absolute atomic E-state index is 2.46. The normalized spacial score (nSPS) is 21.9. The standard InChI is InChI=1S/C12H18N2/c1-13(2)12-8-9-14(10-12)11-6-4-3-5-7-11/h3-7,12H,8-10H2,1-2H3/t12-/m0/s1.